The van der Waals surface area contributed by atoms with Gasteiger partial charge in [-0.15, -0.1) is 0 Å². The van der Waals surface area contributed by atoms with Crippen molar-refractivity contribution in [2.45, 2.75) is 45.1 Å². The van der Waals surface area contributed by atoms with Crippen molar-refractivity contribution < 1.29 is 19.1 Å². The summed E-state index contributed by atoms with van der Waals surface area (Å²) in [5, 5.41) is 9.74. The fraction of sp³-hybridized carbons (Fsp3) is 0.400. The largest absolute Gasteiger partial charge is 0.478 e. The van der Waals surface area contributed by atoms with Gasteiger partial charge < -0.3 is 14.9 Å². The minimum atomic E-state index is -1.03. The van der Waals surface area contributed by atoms with Gasteiger partial charge >= 0.3 is 5.97 Å². The van der Waals surface area contributed by atoms with Crippen LogP contribution < -0.4 is 4.90 Å². The van der Waals surface area contributed by atoms with Crippen molar-refractivity contribution in [1.29, 1.82) is 0 Å². The number of halogens is 1. The third kappa shape index (κ3) is 5.26. The van der Waals surface area contributed by atoms with E-state index in [2.05, 4.69) is 9.88 Å². The Hall–Kier alpha value is -3.81. The van der Waals surface area contributed by atoms with Crippen LogP contribution in [0.1, 0.15) is 53.4 Å². The number of rotatable bonds is 7. The fourth-order valence-electron chi connectivity index (χ4n) is 5.90. The Morgan fingerprint density at radius 2 is 1.79 bits per heavy atom. The number of aryl methyl sites for hydroxylation is 2. The Morgan fingerprint density at radius 3 is 2.47 bits per heavy atom. The molecule has 0 aliphatic carbocycles. The molecule has 2 aromatic carbocycles. The first-order valence-electron chi connectivity index (χ1n) is 13.3. The highest BCUT2D eigenvalue weighted by molar-refractivity contribution is 5.88. The molecule has 8 heteroatoms. The molecule has 3 heterocycles. The molecular weight excluding hydrogens is 483 g/mol. The molecule has 5 rings (SSSR count). The number of piperidine rings is 1. The Balaban J connectivity index is 1.41. The molecule has 0 radical (unpaired) electrons. The van der Waals surface area contributed by atoms with Gasteiger partial charge in [0.25, 0.3) is 0 Å². The SMILES string of the molecule is CC(C)C(=O)N1C[C@H](c2ccc(F)cc2)[C@@H]2CN(c3ncc(C(=O)O)c(CCc4ccccc4)n3)CC[C@H]21. The highest BCUT2D eigenvalue weighted by Gasteiger charge is 2.47. The van der Waals surface area contributed by atoms with Crippen LogP contribution >= 0.6 is 0 Å². The summed E-state index contributed by atoms with van der Waals surface area (Å²) in [5.41, 5.74) is 2.78. The molecular formula is C30H33FN4O3. The van der Waals surface area contributed by atoms with Crippen molar-refractivity contribution in [1.82, 2.24) is 14.9 Å². The number of carboxylic acid groups (broad SMARTS) is 1. The van der Waals surface area contributed by atoms with Gasteiger partial charge in [-0.05, 0) is 42.5 Å². The molecule has 198 valence electrons. The lowest BCUT2D eigenvalue weighted by Gasteiger charge is -2.39. The van der Waals surface area contributed by atoms with Gasteiger partial charge in [0.05, 0.1) is 11.3 Å². The van der Waals surface area contributed by atoms with E-state index in [0.29, 0.717) is 44.1 Å². The lowest BCUT2D eigenvalue weighted by atomic mass is 9.82. The second kappa shape index (κ2) is 10.9. The number of amides is 1. The second-order valence-electron chi connectivity index (χ2n) is 10.6. The molecule has 0 saturated carbocycles. The normalized spacial score (nSPS) is 21.0. The standard InChI is InChI=1S/C30H33FN4O3/c1-19(2)28(36)35-18-24(21-9-11-22(31)12-10-21)25-17-34(15-14-27(25)35)30-32-16-23(29(37)38)26(33-30)13-8-20-6-4-3-5-7-20/h3-7,9-12,16,19,24-25,27H,8,13-15,17-18H2,1-2H3,(H,37,38)/t24-,25+,27-/m1/s1. The molecule has 2 aliphatic rings. The molecule has 1 aromatic heterocycles. The van der Waals surface area contributed by atoms with E-state index in [0.717, 1.165) is 17.5 Å². The smallest absolute Gasteiger partial charge is 0.339 e. The van der Waals surface area contributed by atoms with Gasteiger partial charge in [0.2, 0.25) is 11.9 Å². The molecule has 0 unspecified atom stereocenters. The average molecular weight is 517 g/mol. The predicted molar refractivity (Wildman–Crippen MR) is 143 cm³/mol. The van der Waals surface area contributed by atoms with Gasteiger partial charge in [0, 0.05) is 49.6 Å². The number of nitrogens with zero attached hydrogens (tertiary/aromatic N) is 4. The van der Waals surface area contributed by atoms with E-state index in [-0.39, 0.29) is 41.1 Å². The van der Waals surface area contributed by atoms with Crippen molar-refractivity contribution in [3.8, 4) is 0 Å². The average Bonchev–Trinajstić information content (AvgIpc) is 3.31. The Labute approximate surface area is 222 Å². The highest BCUT2D eigenvalue weighted by Crippen LogP contribution is 2.42. The summed E-state index contributed by atoms with van der Waals surface area (Å²) < 4.78 is 13.7. The number of fused-ring (bicyclic) bond motifs is 1. The number of likely N-dealkylation sites (tertiary alicyclic amines) is 1. The predicted octanol–water partition coefficient (Wildman–Crippen LogP) is 4.58. The lowest BCUT2D eigenvalue weighted by Crippen LogP contribution is -2.49. The van der Waals surface area contributed by atoms with Gasteiger partial charge in [-0.3, -0.25) is 4.79 Å². The highest BCUT2D eigenvalue weighted by atomic mass is 19.1. The van der Waals surface area contributed by atoms with Crippen molar-refractivity contribution in [3.63, 3.8) is 0 Å². The van der Waals surface area contributed by atoms with Crippen LogP contribution in [-0.4, -0.2) is 57.5 Å². The molecule has 2 fully saturated rings. The minimum absolute atomic E-state index is 0.0712. The second-order valence-corrected chi connectivity index (χ2v) is 10.6. The zero-order valence-corrected chi connectivity index (χ0v) is 21.8. The Kier molecular flexibility index (Phi) is 7.40. The van der Waals surface area contributed by atoms with E-state index >= 15 is 0 Å². The summed E-state index contributed by atoms with van der Waals surface area (Å²) in [4.78, 5) is 38.3. The monoisotopic (exact) mass is 516 g/mol. The molecule has 2 saturated heterocycles. The van der Waals surface area contributed by atoms with Crippen LogP contribution in [0.5, 0.6) is 0 Å². The van der Waals surface area contributed by atoms with E-state index < -0.39 is 5.97 Å². The van der Waals surface area contributed by atoms with Crippen LogP contribution in [0, 0.1) is 17.7 Å². The van der Waals surface area contributed by atoms with Crippen LogP contribution in [0.3, 0.4) is 0 Å². The van der Waals surface area contributed by atoms with Crippen LogP contribution in [0.25, 0.3) is 0 Å². The van der Waals surface area contributed by atoms with Crippen LogP contribution in [-0.2, 0) is 17.6 Å². The number of carbonyl (C=O) groups excluding carboxylic acids is 1. The number of anilines is 1. The maximum absolute atomic E-state index is 13.7. The van der Waals surface area contributed by atoms with Gasteiger partial charge in [0.1, 0.15) is 5.82 Å². The first-order valence-corrected chi connectivity index (χ1v) is 13.3. The summed E-state index contributed by atoms with van der Waals surface area (Å²) in [6.45, 7) is 5.76. The van der Waals surface area contributed by atoms with Crippen LogP contribution in [0.4, 0.5) is 10.3 Å². The minimum Gasteiger partial charge on any atom is -0.478 e. The van der Waals surface area contributed by atoms with Crippen molar-refractivity contribution in [3.05, 3.63) is 89.0 Å². The summed E-state index contributed by atoms with van der Waals surface area (Å²) in [6.07, 6.45) is 3.36. The third-order valence-corrected chi connectivity index (χ3v) is 7.87. The number of hydrogen-bond acceptors (Lipinski definition) is 5. The van der Waals surface area contributed by atoms with Crippen molar-refractivity contribution >= 4 is 17.8 Å². The van der Waals surface area contributed by atoms with Gasteiger partial charge in [-0.25, -0.2) is 19.2 Å². The molecule has 3 aromatic rings. The lowest BCUT2D eigenvalue weighted by molar-refractivity contribution is -0.135. The summed E-state index contributed by atoms with van der Waals surface area (Å²) in [7, 11) is 0. The molecule has 38 heavy (non-hydrogen) atoms. The number of benzene rings is 2. The summed E-state index contributed by atoms with van der Waals surface area (Å²) in [6, 6.07) is 16.6. The molecule has 1 N–H and O–H groups in total. The van der Waals surface area contributed by atoms with E-state index in [1.54, 1.807) is 0 Å². The number of hydrogen-bond donors (Lipinski definition) is 1. The molecule has 1 amide bonds. The number of aromatic carboxylic acids is 1. The number of aromatic nitrogens is 2. The zero-order chi connectivity index (χ0) is 26.8. The summed E-state index contributed by atoms with van der Waals surface area (Å²) >= 11 is 0. The van der Waals surface area contributed by atoms with E-state index in [1.807, 2.05) is 61.2 Å². The number of carboxylic acids is 1. The molecule has 0 spiro atoms. The zero-order valence-electron chi connectivity index (χ0n) is 21.8. The maximum atomic E-state index is 13.7. The fourth-order valence-corrected chi connectivity index (χ4v) is 5.90. The van der Waals surface area contributed by atoms with Gasteiger partial charge in [-0.2, -0.15) is 0 Å². The number of carbonyl (C=O) groups is 2. The molecule has 7 nitrogen and oxygen atoms in total. The van der Waals surface area contributed by atoms with Crippen molar-refractivity contribution in [2.24, 2.45) is 11.8 Å². The molecule has 3 atom stereocenters. The first-order chi connectivity index (χ1) is 18.3. The van der Waals surface area contributed by atoms with Crippen LogP contribution in [0.15, 0.2) is 60.8 Å². The Morgan fingerprint density at radius 1 is 1.05 bits per heavy atom. The van der Waals surface area contributed by atoms with E-state index in [9.17, 15) is 19.1 Å². The molecule has 0 bridgehead atoms. The maximum Gasteiger partial charge on any atom is 0.339 e. The third-order valence-electron chi connectivity index (χ3n) is 7.87. The van der Waals surface area contributed by atoms with E-state index in [4.69, 9.17) is 4.98 Å². The summed E-state index contributed by atoms with van der Waals surface area (Å²) in [5.74, 6) is -0.549. The molecule has 2 aliphatic heterocycles. The van der Waals surface area contributed by atoms with Crippen molar-refractivity contribution in [2.75, 3.05) is 24.5 Å². The van der Waals surface area contributed by atoms with Gasteiger partial charge in [-0.1, -0.05) is 56.3 Å². The quantitative estimate of drug-likeness (QED) is 0.495. The van der Waals surface area contributed by atoms with Gasteiger partial charge in [0.15, 0.2) is 0 Å². The topological polar surface area (TPSA) is 86.6 Å². The first kappa shape index (κ1) is 25.8. The van der Waals surface area contributed by atoms with Crippen LogP contribution in [0.2, 0.25) is 0 Å². The Bertz CT molecular complexity index is 1300. The van der Waals surface area contributed by atoms with E-state index in [1.165, 1.54) is 18.3 Å².